The van der Waals surface area contributed by atoms with Crippen molar-refractivity contribution in [2.24, 2.45) is 0 Å². The van der Waals surface area contributed by atoms with Gasteiger partial charge < -0.3 is 24.2 Å². The Labute approximate surface area is 208 Å². The monoisotopic (exact) mass is 507 g/mol. The Morgan fingerprint density at radius 2 is 1.68 bits per heavy atom. The van der Waals surface area contributed by atoms with E-state index >= 15 is 0 Å². The number of hydrogen-bond acceptors (Lipinski definition) is 6. The van der Waals surface area contributed by atoms with Crippen molar-refractivity contribution in [2.75, 3.05) is 34.5 Å². The first-order chi connectivity index (χ1) is 16.2. The molecule has 7 nitrogen and oxygen atoms in total. The number of Topliss-reactive ketones (excluding diaryl/α,β-unsaturated/α-hetero) is 1. The van der Waals surface area contributed by atoms with E-state index in [1.807, 2.05) is 24.3 Å². The first kappa shape index (κ1) is 25.9. The van der Waals surface area contributed by atoms with Gasteiger partial charge in [0, 0.05) is 13.7 Å². The lowest BCUT2D eigenvalue weighted by Crippen LogP contribution is -2.32. The van der Waals surface area contributed by atoms with Gasteiger partial charge in [0.15, 0.2) is 11.5 Å². The number of ketones is 1. The fourth-order valence-electron chi connectivity index (χ4n) is 4.00. The van der Waals surface area contributed by atoms with Crippen LogP contribution in [0.15, 0.2) is 35.9 Å². The Balaban J connectivity index is 2.26. The van der Waals surface area contributed by atoms with E-state index in [1.165, 1.54) is 32.3 Å². The molecular weight excluding hydrogens is 481 g/mol. The predicted molar refractivity (Wildman–Crippen MR) is 131 cm³/mol. The zero-order chi connectivity index (χ0) is 25.2. The number of aliphatic hydroxyl groups is 1. The van der Waals surface area contributed by atoms with Crippen LogP contribution in [0.25, 0.3) is 5.76 Å². The summed E-state index contributed by atoms with van der Waals surface area (Å²) < 4.78 is 15.8. The van der Waals surface area contributed by atoms with Crippen LogP contribution in [0.3, 0.4) is 0 Å². The summed E-state index contributed by atoms with van der Waals surface area (Å²) in [7, 11) is 4.27. The quantitative estimate of drug-likeness (QED) is 0.300. The van der Waals surface area contributed by atoms with E-state index in [2.05, 4.69) is 13.8 Å². The van der Waals surface area contributed by atoms with Crippen LogP contribution in [-0.4, -0.2) is 56.2 Å². The van der Waals surface area contributed by atoms with Gasteiger partial charge >= 0.3 is 0 Å². The van der Waals surface area contributed by atoms with Gasteiger partial charge in [-0.25, -0.2) is 0 Å². The lowest BCUT2D eigenvalue weighted by molar-refractivity contribution is -0.140. The van der Waals surface area contributed by atoms with E-state index < -0.39 is 23.5 Å². The van der Waals surface area contributed by atoms with Crippen LogP contribution >= 0.6 is 23.2 Å². The molecule has 0 spiro atoms. The standard InChI is InChI=1S/C25H27Cl2NO6/c1-13(2)14-6-8-15(9-7-14)20-18(22(30)25(31)28(20)10-11-32-3)21(29)16-12-17(26)24(34-5)19(27)23(16)33-4/h6-9,12-13,20,29H,10-11H2,1-5H3/b21-18+. The lowest BCUT2D eigenvalue weighted by Gasteiger charge is -2.25. The summed E-state index contributed by atoms with van der Waals surface area (Å²) in [5.74, 6) is -1.46. The molecule has 1 fully saturated rings. The summed E-state index contributed by atoms with van der Waals surface area (Å²) in [6, 6.07) is 8.15. The molecule has 0 radical (unpaired) electrons. The third kappa shape index (κ3) is 4.60. The molecule has 0 saturated carbocycles. The van der Waals surface area contributed by atoms with Crippen molar-refractivity contribution in [1.29, 1.82) is 0 Å². The van der Waals surface area contributed by atoms with Gasteiger partial charge in [0.05, 0.1) is 43.0 Å². The largest absolute Gasteiger partial charge is 0.507 e. The Hall–Kier alpha value is -2.74. The minimum atomic E-state index is -0.833. The fraction of sp³-hybridized carbons (Fsp3) is 0.360. The normalized spacial score (nSPS) is 17.5. The van der Waals surface area contributed by atoms with Crippen molar-refractivity contribution in [3.63, 3.8) is 0 Å². The van der Waals surface area contributed by atoms with Crippen molar-refractivity contribution in [3.8, 4) is 11.5 Å². The van der Waals surface area contributed by atoms with Crippen LogP contribution in [0, 0.1) is 0 Å². The van der Waals surface area contributed by atoms with Crippen LogP contribution in [-0.2, 0) is 14.3 Å². The minimum Gasteiger partial charge on any atom is -0.507 e. The van der Waals surface area contributed by atoms with Crippen molar-refractivity contribution < 1.29 is 28.9 Å². The summed E-state index contributed by atoms with van der Waals surface area (Å²) in [6.45, 7) is 4.53. The van der Waals surface area contributed by atoms with Gasteiger partial charge in [-0.1, -0.05) is 61.3 Å². The predicted octanol–water partition coefficient (Wildman–Crippen LogP) is 5.20. The molecule has 1 amide bonds. The highest BCUT2D eigenvalue weighted by atomic mass is 35.5. The highest BCUT2D eigenvalue weighted by Gasteiger charge is 2.46. The number of amides is 1. The second-order valence-corrected chi connectivity index (χ2v) is 8.88. The van der Waals surface area contributed by atoms with Crippen LogP contribution in [0.1, 0.15) is 42.5 Å². The number of ether oxygens (including phenoxy) is 3. The maximum atomic E-state index is 13.2. The molecule has 1 heterocycles. The van der Waals surface area contributed by atoms with Crippen LogP contribution in [0.5, 0.6) is 11.5 Å². The summed E-state index contributed by atoms with van der Waals surface area (Å²) in [4.78, 5) is 27.5. The average molecular weight is 508 g/mol. The number of halogens is 2. The molecule has 9 heteroatoms. The summed E-state index contributed by atoms with van der Waals surface area (Å²) in [6.07, 6.45) is 0. The molecule has 0 aromatic heterocycles. The zero-order valence-corrected chi connectivity index (χ0v) is 21.2. The SMILES string of the molecule is COCCN1C(=O)C(=O)/C(=C(/O)c2cc(Cl)c(OC)c(Cl)c2OC)C1c1ccc(C(C)C)cc1. The average Bonchev–Trinajstić information content (AvgIpc) is 3.07. The molecule has 2 aromatic carbocycles. The van der Waals surface area contributed by atoms with Gasteiger partial charge in [-0.3, -0.25) is 9.59 Å². The number of nitrogens with zero attached hydrogens (tertiary/aromatic N) is 1. The highest BCUT2D eigenvalue weighted by molar-refractivity contribution is 6.47. The Bertz CT molecular complexity index is 1130. The third-order valence-electron chi connectivity index (χ3n) is 5.79. The summed E-state index contributed by atoms with van der Waals surface area (Å²) >= 11 is 12.7. The second-order valence-electron chi connectivity index (χ2n) is 8.09. The van der Waals surface area contributed by atoms with Gasteiger partial charge in [-0.2, -0.15) is 0 Å². The highest BCUT2D eigenvalue weighted by Crippen LogP contribution is 2.47. The van der Waals surface area contributed by atoms with E-state index in [9.17, 15) is 14.7 Å². The van der Waals surface area contributed by atoms with Crippen LogP contribution in [0.2, 0.25) is 10.0 Å². The molecule has 1 saturated heterocycles. The molecule has 0 aliphatic carbocycles. The van der Waals surface area contributed by atoms with Gasteiger partial charge in [0.25, 0.3) is 11.7 Å². The molecule has 0 bridgehead atoms. The van der Waals surface area contributed by atoms with Gasteiger partial charge in [-0.05, 0) is 23.1 Å². The molecule has 182 valence electrons. The number of likely N-dealkylation sites (tertiary alicyclic amines) is 1. The molecule has 2 aromatic rings. The second kappa shape index (κ2) is 10.7. The Morgan fingerprint density at radius 3 is 2.21 bits per heavy atom. The lowest BCUT2D eigenvalue weighted by atomic mass is 9.93. The van der Waals surface area contributed by atoms with Crippen molar-refractivity contribution in [1.82, 2.24) is 4.90 Å². The number of hydrogen-bond donors (Lipinski definition) is 1. The third-order valence-corrected chi connectivity index (χ3v) is 6.41. The molecule has 3 rings (SSSR count). The van der Waals surface area contributed by atoms with Crippen molar-refractivity contribution in [2.45, 2.75) is 25.8 Å². The Kier molecular flexibility index (Phi) is 8.13. The van der Waals surface area contributed by atoms with E-state index in [4.69, 9.17) is 37.4 Å². The minimum absolute atomic E-state index is 0.0329. The van der Waals surface area contributed by atoms with E-state index in [0.29, 0.717) is 11.5 Å². The maximum absolute atomic E-state index is 13.2. The van der Waals surface area contributed by atoms with E-state index in [0.717, 1.165) is 5.56 Å². The van der Waals surface area contributed by atoms with E-state index in [1.54, 1.807) is 0 Å². The van der Waals surface area contributed by atoms with Crippen molar-refractivity contribution >= 4 is 40.7 Å². The molecule has 34 heavy (non-hydrogen) atoms. The van der Waals surface area contributed by atoms with Crippen LogP contribution in [0.4, 0.5) is 0 Å². The smallest absolute Gasteiger partial charge is 0.295 e. The number of aliphatic hydroxyl groups excluding tert-OH is 1. The maximum Gasteiger partial charge on any atom is 0.295 e. The van der Waals surface area contributed by atoms with Gasteiger partial charge in [0.1, 0.15) is 10.8 Å². The van der Waals surface area contributed by atoms with Gasteiger partial charge in [-0.15, -0.1) is 0 Å². The first-order valence-corrected chi connectivity index (χ1v) is 11.4. The first-order valence-electron chi connectivity index (χ1n) is 10.6. The van der Waals surface area contributed by atoms with Crippen LogP contribution < -0.4 is 9.47 Å². The number of benzene rings is 2. The number of carbonyl (C=O) groups is 2. The van der Waals surface area contributed by atoms with E-state index in [-0.39, 0.29) is 45.8 Å². The summed E-state index contributed by atoms with van der Waals surface area (Å²) in [5.41, 5.74) is 1.76. The number of carbonyl (C=O) groups excluding carboxylic acids is 2. The number of rotatable bonds is 8. The molecular formula is C25H27Cl2NO6. The molecule has 1 aliphatic heterocycles. The molecule has 1 N–H and O–H groups in total. The molecule has 1 atom stereocenters. The molecule has 1 aliphatic rings. The zero-order valence-electron chi connectivity index (χ0n) is 19.6. The summed E-state index contributed by atoms with van der Waals surface area (Å²) in [5, 5.41) is 11.5. The topological polar surface area (TPSA) is 85.3 Å². The molecule has 1 unspecified atom stereocenters. The Morgan fingerprint density at radius 1 is 1.06 bits per heavy atom. The van der Waals surface area contributed by atoms with Crippen molar-refractivity contribution in [3.05, 3.63) is 62.6 Å². The van der Waals surface area contributed by atoms with Gasteiger partial charge in [0.2, 0.25) is 0 Å². The fourth-order valence-corrected chi connectivity index (χ4v) is 4.69. The number of methoxy groups -OCH3 is 3.